The third-order valence-electron chi connectivity index (χ3n) is 2.88. The van der Waals surface area contributed by atoms with Gasteiger partial charge in [0.25, 0.3) is 0 Å². The fourth-order valence-corrected chi connectivity index (χ4v) is 1.57. The van der Waals surface area contributed by atoms with Crippen LogP contribution in [0.1, 0.15) is 33.6 Å². The van der Waals surface area contributed by atoms with Crippen LogP contribution in [0, 0.1) is 11.3 Å². The van der Waals surface area contributed by atoms with Crippen molar-refractivity contribution in [1.29, 1.82) is 0 Å². The lowest BCUT2D eigenvalue weighted by Crippen LogP contribution is -1.97. The highest BCUT2D eigenvalue weighted by molar-refractivity contribution is 5.18. The third kappa shape index (κ3) is 0.910. The fraction of sp³-hybridized carbons (Fsp3) is 0.778. The van der Waals surface area contributed by atoms with Crippen LogP contribution in [0.25, 0.3) is 0 Å². The second-order valence-corrected chi connectivity index (χ2v) is 3.51. The molecule has 1 saturated carbocycles. The van der Waals surface area contributed by atoms with Crippen LogP contribution in [0.15, 0.2) is 12.2 Å². The standard InChI is InChI=1S/C9H16/c1-5-8-6-9(8,4)7(2)3/h8H,2,5-6H2,1,3-4H3. The van der Waals surface area contributed by atoms with Gasteiger partial charge in [-0.15, -0.1) is 0 Å². The van der Waals surface area contributed by atoms with Gasteiger partial charge in [-0.2, -0.15) is 0 Å². The van der Waals surface area contributed by atoms with Gasteiger partial charge in [-0.3, -0.25) is 0 Å². The molecule has 1 fully saturated rings. The molecule has 0 aliphatic heterocycles. The average molecular weight is 124 g/mol. The van der Waals surface area contributed by atoms with Crippen LogP contribution in [0.4, 0.5) is 0 Å². The minimum atomic E-state index is 0.523. The highest BCUT2D eigenvalue weighted by Crippen LogP contribution is 2.58. The predicted octanol–water partition coefficient (Wildman–Crippen LogP) is 3.00. The lowest BCUT2D eigenvalue weighted by atomic mass is 9.97. The van der Waals surface area contributed by atoms with Gasteiger partial charge in [-0.25, -0.2) is 0 Å². The summed E-state index contributed by atoms with van der Waals surface area (Å²) < 4.78 is 0. The van der Waals surface area contributed by atoms with E-state index in [1.54, 1.807) is 0 Å². The molecule has 0 heterocycles. The van der Waals surface area contributed by atoms with Crippen molar-refractivity contribution >= 4 is 0 Å². The van der Waals surface area contributed by atoms with E-state index >= 15 is 0 Å². The summed E-state index contributed by atoms with van der Waals surface area (Å²) in [5, 5.41) is 0. The van der Waals surface area contributed by atoms with Crippen LogP contribution in [-0.2, 0) is 0 Å². The summed E-state index contributed by atoms with van der Waals surface area (Å²) in [6, 6.07) is 0. The van der Waals surface area contributed by atoms with E-state index < -0.39 is 0 Å². The van der Waals surface area contributed by atoms with Crippen LogP contribution >= 0.6 is 0 Å². The molecule has 0 saturated heterocycles. The quantitative estimate of drug-likeness (QED) is 0.496. The first-order chi connectivity index (χ1) is 4.11. The molecule has 1 aliphatic carbocycles. The first-order valence-electron chi connectivity index (χ1n) is 3.77. The zero-order valence-electron chi connectivity index (χ0n) is 6.70. The largest absolute Gasteiger partial charge is 0.0996 e. The molecule has 0 nitrogen and oxygen atoms in total. The van der Waals surface area contributed by atoms with Crippen LogP contribution in [0.3, 0.4) is 0 Å². The van der Waals surface area contributed by atoms with E-state index in [9.17, 15) is 0 Å². The fourth-order valence-electron chi connectivity index (χ4n) is 1.57. The number of allylic oxidation sites excluding steroid dienone is 1. The Balaban J connectivity index is 2.52. The van der Waals surface area contributed by atoms with Gasteiger partial charge in [0.1, 0.15) is 0 Å². The topological polar surface area (TPSA) is 0 Å². The predicted molar refractivity (Wildman–Crippen MR) is 41.3 cm³/mol. The zero-order chi connectivity index (χ0) is 7.07. The van der Waals surface area contributed by atoms with Gasteiger partial charge in [-0.1, -0.05) is 32.4 Å². The molecule has 9 heavy (non-hydrogen) atoms. The molecule has 0 N–H and O–H groups in total. The van der Waals surface area contributed by atoms with Gasteiger partial charge in [0.05, 0.1) is 0 Å². The number of hydrogen-bond donors (Lipinski definition) is 0. The lowest BCUT2D eigenvalue weighted by Gasteiger charge is -2.08. The molecular weight excluding hydrogens is 108 g/mol. The van der Waals surface area contributed by atoms with Crippen molar-refractivity contribution in [2.75, 3.05) is 0 Å². The Labute approximate surface area is 58.0 Å². The summed E-state index contributed by atoms with van der Waals surface area (Å²) in [5.74, 6) is 0.940. The summed E-state index contributed by atoms with van der Waals surface area (Å²) in [6.07, 6.45) is 2.70. The molecule has 2 unspecified atom stereocenters. The van der Waals surface area contributed by atoms with Crippen molar-refractivity contribution in [2.45, 2.75) is 33.6 Å². The van der Waals surface area contributed by atoms with E-state index in [1.807, 2.05) is 0 Å². The van der Waals surface area contributed by atoms with Gasteiger partial charge < -0.3 is 0 Å². The summed E-state index contributed by atoms with van der Waals surface area (Å²) in [4.78, 5) is 0. The smallest absolute Gasteiger partial charge is 0.00904 e. The van der Waals surface area contributed by atoms with Crippen molar-refractivity contribution in [3.8, 4) is 0 Å². The molecule has 0 aromatic carbocycles. The van der Waals surface area contributed by atoms with E-state index in [-0.39, 0.29) is 0 Å². The van der Waals surface area contributed by atoms with E-state index in [1.165, 1.54) is 18.4 Å². The Bertz CT molecular complexity index is 135. The molecule has 2 atom stereocenters. The summed E-state index contributed by atoms with van der Waals surface area (Å²) in [6.45, 7) is 10.7. The van der Waals surface area contributed by atoms with E-state index in [4.69, 9.17) is 0 Å². The van der Waals surface area contributed by atoms with Crippen LogP contribution in [0.2, 0.25) is 0 Å². The molecule has 0 spiro atoms. The Morgan fingerprint density at radius 3 is 2.44 bits per heavy atom. The first-order valence-corrected chi connectivity index (χ1v) is 3.77. The van der Waals surface area contributed by atoms with Crippen molar-refractivity contribution in [2.24, 2.45) is 11.3 Å². The molecular formula is C9H16. The van der Waals surface area contributed by atoms with E-state index in [2.05, 4.69) is 27.4 Å². The highest BCUT2D eigenvalue weighted by atomic mass is 14.5. The number of rotatable bonds is 2. The molecule has 1 rings (SSSR count). The van der Waals surface area contributed by atoms with E-state index in [0.717, 1.165) is 5.92 Å². The monoisotopic (exact) mass is 124 g/mol. The minimum absolute atomic E-state index is 0.523. The van der Waals surface area contributed by atoms with Crippen molar-refractivity contribution in [3.63, 3.8) is 0 Å². The van der Waals surface area contributed by atoms with Gasteiger partial charge in [0.2, 0.25) is 0 Å². The van der Waals surface area contributed by atoms with Crippen molar-refractivity contribution in [1.82, 2.24) is 0 Å². The zero-order valence-corrected chi connectivity index (χ0v) is 6.70. The van der Waals surface area contributed by atoms with Crippen LogP contribution in [-0.4, -0.2) is 0 Å². The molecule has 0 aromatic rings. The minimum Gasteiger partial charge on any atom is -0.0996 e. The van der Waals surface area contributed by atoms with Gasteiger partial charge >= 0.3 is 0 Å². The Morgan fingerprint density at radius 2 is 2.33 bits per heavy atom. The van der Waals surface area contributed by atoms with E-state index in [0.29, 0.717) is 5.41 Å². The van der Waals surface area contributed by atoms with Crippen LogP contribution in [0.5, 0.6) is 0 Å². The normalized spacial score (nSPS) is 40.6. The Morgan fingerprint density at radius 1 is 1.78 bits per heavy atom. The Kier molecular flexibility index (Phi) is 1.42. The maximum Gasteiger partial charge on any atom is -0.00904 e. The maximum atomic E-state index is 3.99. The molecule has 0 aromatic heterocycles. The molecule has 0 heteroatoms. The van der Waals surface area contributed by atoms with Crippen molar-refractivity contribution < 1.29 is 0 Å². The molecule has 0 bridgehead atoms. The third-order valence-corrected chi connectivity index (χ3v) is 2.88. The molecule has 0 radical (unpaired) electrons. The highest BCUT2D eigenvalue weighted by Gasteiger charge is 2.48. The maximum absolute atomic E-state index is 3.99. The van der Waals surface area contributed by atoms with Crippen LogP contribution < -0.4 is 0 Å². The SMILES string of the molecule is C=C(C)C1(C)CC1CC. The first kappa shape index (κ1) is 6.85. The van der Waals surface area contributed by atoms with Crippen molar-refractivity contribution in [3.05, 3.63) is 12.2 Å². The molecule has 0 amide bonds. The number of hydrogen-bond acceptors (Lipinski definition) is 0. The molecule has 1 aliphatic rings. The van der Waals surface area contributed by atoms with Gasteiger partial charge in [0.15, 0.2) is 0 Å². The molecule has 52 valence electrons. The summed E-state index contributed by atoms with van der Waals surface area (Å²) in [5.41, 5.74) is 1.89. The van der Waals surface area contributed by atoms with Gasteiger partial charge in [0, 0.05) is 0 Å². The Hall–Kier alpha value is -0.260. The summed E-state index contributed by atoms with van der Waals surface area (Å²) in [7, 11) is 0. The van der Waals surface area contributed by atoms with Gasteiger partial charge in [-0.05, 0) is 24.7 Å². The second-order valence-electron chi connectivity index (χ2n) is 3.51. The lowest BCUT2D eigenvalue weighted by molar-refractivity contribution is 0.579. The second kappa shape index (κ2) is 1.86. The summed E-state index contributed by atoms with van der Waals surface area (Å²) >= 11 is 0. The average Bonchev–Trinajstić information content (AvgIpc) is 2.44.